The molecule has 118 valence electrons. The number of benzene rings is 1. The molecule has 0 saturated heterocycles. The molecule has 2 N–H and O–H groups in total. The fraction of sp³-hybridized carbons (Fsp3) is 0.632. The average Bonchev–Trinajstić information content (AvgIpc) is 3.00. The van der Waals surface area contributed by atoms with E-state index >= 15 is 0 Å². The Morgan fingerprint density at radius 2 is 1.86 bits per heavy atom. The molecule has 3 aliphatic carbocycles. The summed E-state index contributed by atoms with van der Waals surface area (Å²) < 4.78 is 0. The summed E-state index contributed by atoms with van der Waals surface area (Å²) in [5.41, 5.74) is 1.15. The Labute approximate surface area is 132 Å². The van der Waals surface area contributed by atoms with Crippen molar-refractivity contribution in [1.82, 2.24) is 5.32 Å². The Balaban J connectivity index is 1.42. The van der Waals surface area contributed by atoms with Gasteiger partial charge in [0.25, 0.3) is 0 Å². The molecule has 5 unspecified atom stereocenters. The maximum atomic E-state index is 12.7. The first-order valence-electron chi connectivity index (χ1n) is 8.75. The Morgan fingerprint density at radius 3 is 2.50 bits per heavy atom. The Hall–Kier alpha value is -1.35. The number of nitrogens with one attached hydrogen (secondary N) is 1. The predicted molar refractivity (Wildman–Crippen MR) is 84.9 cm³/mol. The van der Waals surface area contributed by atoms with E-state index in [1.165, 1.54) is 19.3 Å². The smallest absolute Gasteiger partial charge is 0.224 e. The second-order valence-corrected chi connectivity index (χ2v) is 7.35. The number of fused-ring (bicyclic) bond motifs is 5. The van der Waals surface area contributed by atoms with E-state index in [4.69, 9.17) is 5.11 Å². The Bertz CT molecular complexity index is 528. The average molecular weight is 299 g/mol. The molecule has 4 rings (SSSR count). The highest BCUT2D eigenvalue weighted by atomic mass is 16.3. The first-order valence-corrected chi connectivity index (χ1v) is 8.75. The molecule has 0 spiro atoms. The molecule has 3 fully saturated rings. The van der Waals surface area contributed by atoms with E-state index < -0.39 is 0 Å². The van der Waals surface area contributed by atoms with Crippen molar-refractivity contribution in [2.24, 2.45) is 29.6 Å². The highest BCUT2D eigenvalue weighted by Crippen LogP contribution is 2.69. The van der Waals surface area contributed by atoms with Crippen LogP contribution in [-0.4, -0.2) is 17.6 Å². The summed E-state index contributed by atoms with van der Waals surface area (Å²) in [5.74, 6) is 3.59. The van der Waals surface area contributed by atoms with Gasteiger partial charge in [0, 0.05) is 12.5 Å². The van der Waals surface area contributed by atoms with E-state index in [0.29, 0.717) is 11.8 Å². The molecule has 3 heteroatoms. The number of carbonyl (C=O) groups is 1. The van der Waals surface area contributed by atoms with Crippen LogP contribution in [0, 0.1) is 29.6 Å². The molecular formula is C19H25NO2. The van der Waals surface area contributed by atoms with Crippen molar-refractivity contribution in [3.05, 3.63) is 35.9 Å². The van der Waals surface area contributed by atoms with Crippen LogP contribution >= 0.6 is 0 Å². The van der Waals surface area contributed by atoms with Crippen molar-refractivity contribution in [2.45, 2.75) is 38.1 Å². The molecule has 0 aromatic heterocycles. The third-order valence-electron chi connectivity index (χ3n) is 6.21. The standard InChI is InChI=1S/C19H25NO2/c21-10-4-7-15(12-5-2-1-3-6-12)20-19(22)18-16-13-8-9-14(11-13)17(16)18/h1-3,5-6,13-18,21H,4,7-11H2,(H,20,22). The zero-order chi connectivity index (χ0) is 15.1. The molecular weight excluding hydrogens is 274 g/mol. The van der Waals surface area contributed by atoms with Crippen LogP contribution in [-0.2, 0) is 4.79 Å². The van der Waals surface area contributed by atoms with Gasteiger partial charge in [-0.1, -0.05) is 30.3 Å². The van der Waals surface area contributed by atoms with Crippen LogP contribution in [0.15, 0.2) is 30.3 Å². The van der Waals surface area contributed by atoms with Crippen molar-refractivity contribution >= 4 is 5.91 Å². The predicted octanol–water partition coefficient (Wildman–Crippen LogP) is 2.91. The monoisotopic (exact) mass is 299 g/mol. The molecule has 2 bridgehead atoms. The van der Waals surface area contributed by atoms with Gasteiger partial charge in [-0.25, -0.2) is 0 Å². The second kappa shape index (κ2) is 5.69. The molecule has 1 aromatic carbocycles. The molecule has 3 nitrogen and oxygen atoms in total. The van der Waals surface area contributed by atoms with Gasteiger partial charge in [0.2, 0.25) is 5.91 Å². The molecule has 3 aliphatic rings. The first-order chi connectivity index (χ1) is 10.8. The largest absolute Gasteiger partial charge is 0.396 e. The number of aliphatic hydroxyl groups excluding tert-OH is 1. The van der Waals surface area contributed by atoms with Crippen molar-refractivity contribution in [3.63, 3.8) is 0 Å². The minimum Gasteiger partial charge on any atom is -0.396 e. The van der Waals surface area contributed by atoms with Gasteiger partial charge in [0.15, 0.2) is 0 Å². The van der Waals surface area contributed by atoms with E-state index in [2.05, 4.69) is 17.4 Å². The minimum atomic E-state index is 0.0415. The number of rotatable bonds is 6. The van der Waals surface area contributed by atoms with Gasteiger partial charge in [-0.05, 0) is 61.3 Å². The molecule has 0 radical (unpaired) electrons. The summed E-state index contributed by atoms with van der Waals surface area (Å²) in [7, 11) is 0. The van der Waals surface area contributed by atoms with Gasteiger partial charge < -0.3 is 10.4 Å². The summed E-state index contributed by atoms with van der Waals surface area (Å²) >= 11 is 0. The third-order valence-corrected chi connectivity index (χ3v) is 6.21. The van der Waals surface area contributed by atoms with E-state index in [1.54, 1.807) is 0 Å². The Kier molecular flexibility index (Phi) is 3.69. The number of amides is 1. The maximum Gasteiger partial charge on any atom is 0.224 e. The summed E-state index contributed by atoms with van der Waals surface area (Å²) in [6.45, 7) is 0.179. The highest BCUT2D eigenvalue weighted by molar-refractivity contribution is 5.83. The van der Waals surface area contributed by atoms with Crippen molar-refractivity contribution < 1.29 is 9.90 Å². The zero-order valence-electron chi connectivity index (χ0n) is 12.9. The summed E-state index contributed by atoms with van der Waals surface area (Å²) in [5, 5.41) is 12.4. The molecule has 22 heavy (non-hydrogen) atoms. The lowest BCUT2D eigenvalue weighted by Crippen LogP contribution is -2.31. The number of aliphatic hydroxyl groups is 1. The van der Waals surface area contributed by atoms with Crippen molar-refractivity contribution in [2.75, 3.05) is 6.61 Å². The van der Waals surface area contributed by atoms with E-state index in [1.807, 2.05) is 18.2 Å². The van der Waals surface area contributed by atoms with Crippen LogP contribution in [0.4, 0.5) is 0 Å². The zero-order valence-corrected chi connectivity index (χ0v) is 12.9. The molecule has 1 aromatic rings. The lowest BCUT2D eigenvalue weighted by atomic mass is 9.99. The van der Waals surface area contributed by atoms with Crippen molar-refractivity contribution in [3.8, 4) is 0 Å². The second-order valence-electron chi connectivity index (χ2n) is 7.35. The normalized spacial score (nSPS) is 36.0. The Morgan fingerprint density at radius 1 is 1.18 bits per heavy atom. The number of carbonyl (C=O) groups excluding carboxylic acids is 1. The SMILES string of the molecule is O=C(NC(CCCO)c1ccccc1)C1C2C3CCC(C3)C12. The van der Waals surface area contributed by atoms with E-state index in [0.717, 1.165) is 30.2 Å². The third kappa shape index (κ3) is 2.36. The number of hydrogen-bond donors (Lipinski definition) is 2. The summed E-state index contributed by atoms with van der Waals surface area (Å²) in [6.07, 6.45) is 5.61. The van der Waals surface area contributed by atoms with Crippen LogP contribution in [0.25, 0.3) is 0 Å². The van der Waals surface area contributed by atoms with Crippen LogP contribution in [0.1, 0.15) is 43.7 Å². The highest BCUT2D eigenvalue weighted by Gasteiger charge is 2.67. The lowest BCUT2D eigenvalue weighted by Gasteiger charge is -2.20. The van der Waals surface area contributed by atoms with Crippen LogP contribution in [0.2, 0.25) is 0 Å². The summed E-state index contributed by atoms with van der Waals surface area (Å²) in [6, 6.07) is 10.2. The van der Waals surface area contributed by atoms with Gasteiger partial charge in [0.05, 0.1) is 6.04 Å². The first kappa shape index (κ1) is 14.3. The lowest BCUT2D eigenvalue weighted by molar-refractivity contribution is -0.124. The van der Waals surface area contributed by atoms with Gasteiger partial charge in [-0.2, -0.15) is 0 Å². The van der Waals surface area contributed by atoms with Crippen molar-refractivity contribution in [1.29, 1.82) is 0 Å². The maximum absolute atomic E-state index is 12.7. The number of hydrogen-bond acceptors (Lipinski definition) is 2. The summed E-state index contributed by atoms with van der Waals surface area (Å²) in [4.78, 5) is 12.7. The van der Waals surface area contributed by atoms with Gasteiger partial charge in [-0.15, -0.1) is 0 Å². The van der Waals surface area contributed by atoms with E-state index in [-0.39, 0.29) is 24.5 Å². The molecule has 5 atom stereocenters. The van der Waals surface area contributed by atoms with Crippen LogP contribution in [0.3, 0.4) is 0 Å². The van der Waals surface area contributed by atoms with Crippen LogP contribution in [0.5, 0.6) is 0 Å². The van der Waals surface area contributed by atoms with Gasteiger partial charge >= 0.3 is 0 Å². The van der Waals surface area contributed by atoms with Gasteiger partial charge in [0.1, 0.15) is 0 Å². The van der Waals surface area contributed by atoms with Gasteiger partial charge in [-0.3, -0.25) is 4.79 Å². The van der Waals surface area contributed by atoms with Crippen LogP contribution < -0.4 is 5.32 Å². The molecule has 3 saturated carbocycles. The molecule has 0 heterocycles. The van der Waals surface area contributed by atoms with E-state index in [9.17, 15) is 4.79 Å². The fourth-order valence-corrected chi connectivity index (χ4v) is 5.25. The fourth-order valence-electron chi connectivity index (χ4n) is 5.25. The molecule has 0 aliphatic heterocycles. The molecule has 1 amide bonds. The minimum absolute atomic E-state index is 0.0415. The topological polar surface area (TPSA) is 49.3 Å². The quantitative estimate of drug-likeness (QED) is 0.848.